The minimum absolute atomic E-state index is 0.0201. The molecule has 0 spiro atoms. The van der Waals surface area contributed by atoms with Gasteiger partial charge in [0.1, 0.15) is 0 Å². The molecule has 0 aromatic heterocycles. The van der Waals surface area contributed by atoms with Crippen molar-refractivity contribution in [2.75, 3.05) is 6.54 Å². The minimum Gasteiger partial charge on any atom is -0.354 e. The van der Waals surface area contributed by atoms with Crippen LogP contribution in [0.5, 0.6) is 0 Å². The van der Waals surface area contributed by atoms with Crippen molar-refractivity contribution < 1.29 is 22.8 Å². The molecule has 1 aliphatic heterocycles. The van der Waals surface area contributed by atoms with E-state index in [0.29, 0.717) is 31.4 Å². The highest BCUT2D eigenvalue weighted by Gasteiger charge is 2.30. The monoisotopic (exact) mass is 328 g/mol. The average molecular weight is 328 g/mol. The Bertz CT molecular complexity index is 560. The van der Waals surface area contributed by atoms with E-state index >= 15 is 0 Å². The maximum atomic E-state index is 12.5. The van der Waals surface area contributed by atoms with Gasteiger partial charge in [-0.2, -0.15) is 13.2 Å². The summed E-state index contributed by atoms with van der Waals surface area (Å²) in [6.07, 6.45) is -3.00. The zero-order valence-corrected chi connectivity index (χ0v) is 12.7. The lowest BCUT2D eigenvalue weighted by Crippen LogP contribution is -2.49. The Labute approximate surface area is 132 Å². The average Bonchev–Trinajstić information content (AvgIpc) is 2.49. The maximum Gasteiger partial charge on any atom is 0.416 e. The molecular weight excluding hydrogens is 309 g/mol. The molecule has 126 valence electrons. The SMILES string of the molecule is C[C@H](Cc1ccc(C(F)(F)F)cc1)C(=O)N[C@H]1CCC(=O)NC1. The highest BCUT2D eigenvalue weighted by molar-refractivity contribution is 5.80. The van der Waals surface area contributed by atoms with Crippen LogP contribution in [0.15, 0.2) is 24.3 Å². The summed E-state index contributed by atoms with van der Waals surface area (Å²) >= 11 is 0. The van der Waals surface area contributed by atoms with Crippen LogP contribution in [0, 0.1) is 5.92 Å². The first kappa shape index (κ1) is 17.3. The number of amides is 2. The third-order valence-corrected chi connectivity index (χ3v) is 3.88. The van der Waals surface area contributed by atoms with E-state index in [-0.39, 0.29) is 23.8 Å². The number of nitrogens with one attached hydrogen (secondary N) is 2. The van der Waals surface area contributed by atoms with Gasteiger partial charge in [-0.25, -0.2) is 0 Å². The van der Waals surface area contributed by atoms with Crippen LogP contribution < -0.4 is 10.6 Å². The summed E-state index contributed by atoms with van der Waals surface area (Å²) < 4.78 is 37.5. The summed E-state index contributed by atoms with van der Waals surface area (Å²) in [4.78, 5) is 23.2. The molecule has 0 bridgehead atoms. The number of carbonyl (C=O) groups is 2. The highest BCUT2D eigenvalue weighted by Crippen LogP contribution is 2.29. The molecule has 2 rings (SSSR count). The lowest BCUT2D eigenvalue weighted by atomic mass is 9.98. The number of piperidine rings is 1. The number of benzene rings is 1. The molecule has 0 radical (unpaired) electrons. The van der Waals surface area contributed by atoms with Gasteiger partial charge in [-0.15, -0.1) is 0 Å². The van der Waals surface area contributed by atoms with Crippen molar-refractivity contribution >= 4 is 11.8 Å². The van der Waals surface area contributed by atoms with E-state index in [2.05, 4.69) is 10.6 Å². The number of rotatable bonds is 4. The van der Waals surface area contributed by atoms with E-state index in [9.17, 15) is 22.8 Å². The zero-order valence-electron chi connectivity index (χ0n) is 12.7. The summed E-state index contributed by atoms with van der Waals surface area (Å²) in [6.45, 7) is 2.14. The largest absolute Gasteiger partial charge is 0.416 e. The summed E-state index contributed by atoms with van der Waals surface area (Å²) in [5, 5.41) is 5.55. The van der Waals surface area contributed by atoms with Gasteiger partial charge in [0.25, 0.3) is 0 Å². The van der Waals surface area contributed by atoms with Gasteiger partial charge < -0.3 is 10.6 Å². The molecule has 1 aliphatic rings. The predicted molar refractivity (Wildman–Crippen MR) is 78.5 cm³/mol. The normalized spacial score (nSPS) is 19.8. The molecular formula is C16H19F3N2O2. The Kier molecular flexibility index (Phi) is 5.28. The molecule has 4 nitrogen and oxygen atoms in total. The number of carbonyl (C=O) groups excluding carboxylic acids is 2. The highest BCUT2D eigenvalue weighted by atomic mass is 19.4. The number of hydrogen-bond acceptors (Lipinski definition) is 2. The Morgan fingerprint density at radius 3 is 2.52 bits per heavy atom. The van der Waals surface area contributed by atoms with E-state index in [1.807, 2.05) is 0 Å². The van der Waals surface area contributed by atoms with E-state index in [0.717, 1.165) is 12.1 Å². The number of halogens is 3. The van der Waals surface area contributed by atoms with Gasteiger partial charge >= 0.3 is 6.18 Å². The lowest BCUT2D eigenvalue weighted by molar-refractivity contribution is -0.137. The fraction of sp³-hybridized carbons (Fsp3) is 0.500. The molecule has 2 amide bonds. The first-order valence-electron chi connectivity index (χ1n) is 7.49. The molecule has 0 saturated carbocycles. The van der Waals surface area contributed by atoms with Crippen LogP contribution in [0.4, 0.5) is 13.2 Å². The number of alkyl halides is 3. The van der Waals surface area contributed by atoms with Crippen LogP contribution >= 0.6 is 0 Å². The van der Waals surface area contributed by atoms with Crippen molar-refractivity contribution in [1.82, 2.24) is 10.6 Å². The molecule has 1 aromatic rings. The molecule has 1 saturated heterocycles. The predicted octanol–water partition coefficient (Wildman–Crippen LogP) is 2.28. The molecule has 1 aromatic carbocycles. The minimum atomic E-state index is -4.35. The molecule has 23 heavy (non-hydrogen) atoms. The van der Waals surface area contributed by atoms with Gasteiger partial charge in [0.2, 0.25) is 11.8 Å². The van der Waals surface area contributed by atoms with Crippen LogP contribution in [0.25, 0.3) is 0 Å². The number of hydrogen-bond donors (Lipinski definition) is 2. The second-order valence-electron chi connectivity index (χ2n) is 5.85. The molecule has 2 atom stereocenters. The van der Waals surface area contributed by atoms with Crippen LogP contribution in [0.1, 0.15) is 30.9 Å². The lowest BCUT2D eigenvalue weighted by Gasteiger charge is -2.25. The van der Waals surface area contributed by atoms with E-state index < -0.39 is 11.7 Å². The second kappa shape index (κ2) is 7.02. The molecule has 7 heteroatoms. The van der Waals surface area contributed by atoms with E-state index in [4.69, 9.17) is 0 Å². The van der Waals surface area contributed by atoms with Crippen LogP contribution in [-0.2, 0) is 22.2 Å². The van der Waals surface area contributed by atoms with Gasteiger partial charge in [-0.1, -0.05) is 19.1 Å². The Morgan fingerprint density at radius 1 is 1.35 bits per heavy atom. The Hall–Kier alpha value is -2.05. The van der Waals surface area contributed by atoms with E-state index in [1.54, 1.807) is 6.92 Å². The smallest absolute Gasteiger partial charge is 0.354 e. The summed E-state index contributed by atoms with van der Waals surface area (Å²) in [6, 6.07) is 4.75. The van der Waals surface area contributed by atoms with Crippen LogP contribution in [0.2, 0.25) is 0 Å². The van der Waals surface area contributed by atoms with Gasteiger partial charge in [0.15, 0.2) is 0 Å². The molecule has 1 fully saturated rings. The third kappa shape index (κ3) is 4.97. The Balaban J connectivity index is 1.87. The fourth-order valence-corrected chi connectivity index (χ4v) is 2.48. The third-order valence-electron chi connectivity index (χ3n) is 3.88. The van der Waals surface area contributed by atoms with Crippen molar-refractivity contribution in [2.24, 2.45) is 5.92 Å². The van der Waals surface area contributed by atoms with Gasteiger partial charge in [-0.3, -0.25) is 9.59 Å². The van der Waals surface area contributed by atoms with Crippen molar-refractivity contribution in [3.8, 4) is 0 Å². The fourth-order valence-electron chi connectivity index (χ4n) is 2.48. The molecule has 2 N–H and O–H groups in total. The first-order valence-corrected chi connectivity index (χ1v) is 7.49. The maximum absolute atomic E-state index is 12.5. The van der Waals surface area contributed by atoms with Crippen LogP contribution in [0.3, 0.4) is 0 Å². The van der Waals surface area contributed by atoms with Gasteiger partial charge in [0, 0.05) is 24.9 Å². The van der Waals surface area contributed by atoms with Crippen molar-refractivity contribution in [3.05, 3.63) is 35.4 Å². The van der Waals surface area contributed by atoms with Crippen molar-refractivity contribution in [3.63, 3.8) is 0 Å². The molecule has 1 heterocycles. The quantitative estimate of drug-likeness (QED) is 0.891. The summed E-state index contributed by atoms with van der Waals surface area (Å²) in [7, 11) is 0. The summed E-state index contributed by atoms with van der Waals surface area (Å²) in [5.74, 6) is -0.538. The second-order valence-corrected chi connectivity index (χ2v) is 5.85. The first-order chi connectivity index (χ1) is 10.8. The van der Waals surface area contributed by atoms with Crippen molar-refractivity contribution in [1.29, 1.82) is 0 Å². The summed E-state index contributed by atoms with van der Waals surface area (Å²) in [5.41, 5.74) is -0.0195. The van der Waals surface area contributed by atoms with Crippen molar-refractivity contribution in [2.45, 2.75) is 38.4 Å². The van der Waals surface area contributed by atoms with Crippen LogP contribution in [-0.4, -0.2) is 24.4 Å². The Morgan fingerprint density at radius 2 is 2.00 bits per heavy atom. The van der Waals surface area contributed by atoms with E-state index in [1.165, 1.54) is 12.1 Å². The standard InChI is InChI=1S/C16H19F3N2O2/c1-10(15(23)21-13-6-7-14(22)20-9-13)8-11-2-4-12(5-3-11)16(17,18)19/h2-5,10,13H,6-9H2,1H3,(H,20,22)(H,21,23)/t10-,13+/m1/s1. The van der Waals surface area contributed by atoms with Gasteiger partial charge in [0.05, 0.1) is 5.56 Å². The molecule has 0 unspecified atom stereocenters. The molecule has 0 aliphatic carbocycles. The zero-order chi connectivity index (χ0) is 17.0. The topological polar surface area (TPSA) is 58.2 Å². The van der Waals surface area contributed by atoms with Gasteiger partial charge in [-0.05, 0) is 30.5 Å².